The summed E-state index contributed by atoms with van der Waals surface area (Å²) in [6.45, 7) is 9.49. The van der Waals surface area contributed by atoms with Crippen LogP contribution >= 0.6 is 11.3 Å². The second kappa shape index (κ2) is 3.82. The summed E-state index contributed by atoms with van der Waals surface area (Å²) in [6.07, 6.45) is 0. The van der Waals surface area contributed by atoms with Crippen molar-refractivity contribution in [1.82, 2.24) is 4.98 Å². The number of carboxylic acids is 1. The van der Waals surface area contributed by atoms with E-state index in [9.17, 15) is 4.79 Å². The number of nitrogens with two attached hydrogens (primary N) is 1. The molecule has 0 saturated carbocycles. The lowest BCUT2D eigenvalue weighted by atomic mass is 9.91. The van der Waals surface area contributed by atoms with Crippen LogP contribution in [0.3, 0.4) is 0 Å². The highest BCUT2D eigenvalue weighted by atomic mass is 32.1. The first-order valence-electron chi connectivity index (χ1n) is 5.07. The van der Waals surface area contributed by atoms with Crippen LogP contribution in [-0.2, 0) is 11.0 Å². The number of aromatic nitrogens is 1. The zero-order valence-electron chi connectivity index (χ0n) is 10.3. The molecule has 0 atom stereocenters. The first-order chi connectivity index (χ1) is 7.03. The highest BCUT2D eigenvalue weighted by molar-refractivity contribution is 7.13. The zero-order chi connectivity index (χ0) is 12.7. The number of nitrogens with zero attached hydrogens (tertiary/aromatic N) is 1. The second-order valence-electron chi connectivity index (χ2n) is 5.47. The van der Waals surface area contributed by atoms with Crippen molar-refractivity contribution in [3.63, 3.8) is 0 Å². The van der Waals surface area contributed by atoms with Crippen molar-refractivity contribution in [2.45, 2.75) is 45.6 Å². The van der Waals surface area contributed by atoms with E-state index in [4.69, 9.17) is 10.8 Å². The lowest BCUT2D eigenvalue weighted by Crippen LogP contribution is -2.28. The number of aromatic carboxylic acids is 1. The van der Waals surface area contributed by atoms with Gasteiger partial charge in [-0.2, -0.15) is 0 Å². The van der Waals surface area contributed by atoms with Gasteiger partial charge in [-0.05, 0) is 13.8 Å². The van der Waals surface area contributed by atoms with Crippen LogP contribution in [0.4, 0.5) is 0 Å². The monoisotopic (exact) mass is 242 g/mol. The number of hydrogen-bond acceptors (Lipinski definition) is 4. The molecule has 0 aliphatic rings. The van der Waals surface area contributed by atoms with Crippen molar-refractivity contribution in [2.24, 2.45) is 5.73 Å². The first-order valence-corrected chi connectivity index (χ1v) is 5.89. The molecule has 0 amide bonds. The number of hydrogen-bond donors (Lipinski definition) is 2. The van der Waals surface area contributed by atoms with Gasteiger partial charge in [0, 0.05) is 5.41 Å². The molecule has 0 aliphatic heterocycles. The molecule has 90 valence electrons. The molecule has 0 bridgehead atoms. The molecule has 3 N–H and O–H groups in total. The van der Waals surface area contributed by atoms with Crippen molar-refractivity contribution in [3.05, 3.63) is 15.6 Å². The summed E-state index contributed by atoms with van der Waals surface area (Å²) in [5.74, 6) is -0.932. The maximum atomic E-state index is 11.1. The Hall–Kier alpha value is -0.940. The fraction of sp³-hybridized carbons (Fsp3) is 0.636. The lowest BCUT2D eigenvalue weighted by Gasteiger charge is -2.17. The molecule has 4 nitrogen and oxygen atoms in total. The Kier molecular flexibility index (Phi) is 3.13. The quantitative estimate of drug-likeness (QED) is 0.834. The average Bonchev–Trinajstić information content (AvgIpc) is 2.44. The third kappa shape index (κ3) is 2.59. The van der Waals surface area contributed by atoms with E-state index in [1.807, 2.05) is 34.6 Å². The summed E-state index contributed by atoms with van der Waals surface area (Å²) < 4.78 is 0. The van der Waals surface area contributed by atoms with Crippen LogP contribution in [-0.4, -0.2) is 16.1 Å². The molecule has 1 aromatic heterocycles. The Morgan fingerprint density at radius 2 is 1.81 bits per heavy atom. The van der Waals surface area contributed by atoms with Crippen LogP contribution in [0.25, 0.3) is 0 Å². The van der Waals surface area contributed by atoms with Crippen LogP contribution in [0.2, 0.25) is 0 Å². The van der Waals surface area contributed by atoms with E-state index >= 15 is 0 Å². The third-order valence-corrected chi connectivity index (χ3v) is 3.47. The first kappa shape index (κ1) is 13.1. The summed E-state index contributed by atoms with van der Waals surface area (Å²) in [4.78, 5) is 15.8. The van der Waals surface area contributed by atoms with Gasteiger partial charge in [0.1, 0.15) is 9.88 Å². The maximum absolute atomic E-state index is 11.1. The normalized spacial score (nSPS) is 12.9. The fourth-order valence-electron chi connectivity index (χ4n) is 1.25. The van der Waals surface area contributed by atoms with E-state index in [0.717, 1.165) is 0 Å². The van der Waals surface area contributed by atoms with Crippen molar-refractivity contribution >= 4 is 17.3 Å². The molecule has 16 heavy (non-hydrogen) atoms. The predicted molar refractivity (Wildman–Crippen MR) is 65.0 cm³/mol. The van der Waals surface area contributed by atoms with Crippen molar-refractivity contribution in [3.8, 4) is 0 Å². The summed E-state index contributed by atoms with van der Waals surface area (Å²) >= 11 is 1.17. The number of thiazole rings is 1. The van der Waals surface area contributed by atoms with E-state index in [1.165, 1.54) is 11.3 Å². The van der Waals surface area contributed by atoms with Gasteiger partial charge in [-0.1, -0.05) is 20.8 Å². The highest BCUT2D eigenvalue weighted by Gasteiger charge is 2.30. The Morgan fingerprint density at radius 1 is 1.31 bits per heavy atom. The summed E-state index contributed by atoms with van der Waals surface area (Å²) in [6, 6.07) is 0. The summed E-state index contributed by atoms with van der Waals surface area (Å²) in [7, 11) is 0. The molecule has 1 rings (SSSR count). The van der Waals surface area contributed by atoms with Crippen molar-refractivity contribution < 1.29 is 9.90 Å². The van der Waals surface area contributed by atoms with Gasteiger partial charge in [-0.15, -0.1) is 11.3 Å². The van der Waals surface area contributed by atoms with Crippen LogP contribution < -0.4 is 5.73 Å². The van der Waals surface area contributed by atoms with Gasteiger partial charge in [0.2, 0.25) is 0 Å². The average molecular weight is 242 g/mol. The SMILES string of the molecule is CC(C)(C)c1nc(C(C)(C)N)sc1C(=O)O. The fourth-order valence-corrected chi connectivity index (χ4v) is 2.38. The molecule has 0 fully saturated rings. The van der Waals surface area contributed by atoms with E-state index in [0.29, 0.717) is 15.6 Å². The number of carboxylic acid groups (broad SMARTS) is 1. The minimum absolute atomic E-state index is 0.284. The molecule has 5 heteroatoms. The molecular formula is C11H18N2O2S. The minimum atomic E-state index is -0.932. The lowest BCUT2D eigenvalue weighted by molar-refractivity contribution is 0.0699. The largest absolute Gasteiger partial charge is 0.477 e. The van der Waals surface area contributed by atoms with Gasteiger partial charge in [0.15, 0.2) is 0 Å². The predicted octanol–water partition coefficient (Wildman–Crippen LogP) is 2.33. The number of carbonyl (C=O) groups is 1. The molecule has 0 radical (unpaired) electrons. The molecule has 0 aliphatic carbocycles. The Bertz CT molecular complexity index is 411. The molecular weight excluding hydrogens is 224 g/mol. The van der Waals surface area contributed by atoms with E-state index in [2.05, 4.69) is 4.98 Å². The van der Waals surface area contributed by atoms with Gasteiger partial charge < -0.3 is 10.8 Å². The minimum Gasteiger partial charge on any atom is -0.477 e. The molecule has 0 aromatic carbocycles. The maximum Gasteiger partial charge on any atom is 0.347 e. The van der Waals surface area contributed by atoms with Gasteiger partial charge >= 0.3 is 5.97 Å². The van der Waals surface area contributed by atoms with E-state index in [1.54, 1.807) is 0 Å². The van der Waals surface area contributed by atoms with E-state index < -0.39 is 11.5 Å². The van der Waals surface area contributed by atoms with Crippen molar-refractivity contribution in [2.75, 3.05) is 0 Å². The van der Waals surface area contributed by atoms with Gasteiger partial charge in [0.25, 0.3) is 0 Å². The highest BCUT2D eigenvalue weighted by Crippen LogP contribution is 2.33. The summed E-state index contributed by atoms with van der Waals surface area (Å²) in [5.41, 5.74) is 5.66. The Balaban J connectivity index is 3.38. The van der Waals surface area contributed by atoms with Gasteiger partial charge in [0.05, 0.1) is 11.2 Å². The van der Waals surface area contributed by atoms with Crippen LogP contribution in [0.1, 0.15) is 55.0 Å². The van der Waals surface area contributed by atoms with Crippen molar-refractivity contribution in [1.29, 1.82) is 0 Å². The number of rotatable bonds is 2. The Labute approximate surface area is 99.5 Å². The molecule has 1 heterocycles. The zero-order valence-corrected chi connectivity index (χ0v) is 11.1. The molecule has 0 saturated heterocycles. The topological polar surface area (TPSA) is 76.2 Å². The van der Waals surface area contributed by atoms with E-state index in [-0.39, 0.29) is 5.41 Å². The smallest absolute Gasteiger partial charge is 0.347 e. The second-order valence-corrected chi connectivity index (χ2v) is 6.47. The van der Waals surface area contributed by atoms with Crippen LogP contribution in [0.5, 0.6) is 0 Å². The molecule has 1 aromatic rings. The molecule has 0 unspecified atom stereocenters. The standard InChI is InChI=1S/C11H18N2O2S/c1-10(2,3)7-6(8(14)15)16-9(13-7)11(4,5)12/h12H2,1-5H3,(H,14,15). The molecule has 0 spiro atoms. The van der Waals surface area contributed by atoms with Gasteiger partial charge in [-0.25, -0.2) is 9.78 Å². The Morgan fingerprint density at radius 3 is 2.06 bits per heavy atom. The third-order valence-electron chi connectivity index (χ3n) is 2.08. The van der Waals surface area contributed by atoms with Crippen LogP contribution in [0, 0.1) is 0 Å². The van der Waals surface area contributed by atoms with Crippen LogP contribution in [0.15, 0.2) is 0 Å². The van der Waals surface area contributed by atoms with Gasteiger partial charge in [-0.3, -0.25) is 0 Å². The summed E-state index contributed by atoms with van der Waals surface area (Å²) in [5, 5.41) is 9.80.